The molecule has 3 N–H and O–H groups in total. The second-order valence-electron chi connectivity index (χ2n) is 4.92. The van der Waals surface area contributed by atoms with Crippen molar-refractivity contribution in [2.24, 2.45) is 11.7 Å². The average Bonchev–Trinajstić information content (AvgIpc) is 2.76. The lowest BCUT2D eigenvalue weighted by molar-refractivity contribution is 0.452. The maximum Gasteiger partial charge on any atom is 0.241 e. The van der Waals surface area contributed by atoms with Gasteiger partial charge in [0.1, 0.15) is 0 Å². The first kappa shape index (κ1) is 13.5. The Morgan fingerprint density at radius 3 is 2.72 bits per heavy atom. The van der Waals surface area contributed by atoms with E-state index in [-0.39, 0.29) is 12.0 Å². The molecule has 0 amide bonds. The van der Waals surface area contributed by atoms with Gasteiger partial charge in [-0.3, -0.25) is 0 Å². The van der Waals surface area contributed by atoms with Crippen molar-refractivity contribution in [3.05, 3.63) is 29.8 Å². The summed E-state index contributed by atoms with van der Waals surface area (Å²) in [6.45, 7) is 2.35. The van der Waals surface area contributed by atoms with E-state index in [1.807, 2.05) is 19.1 Å². The number of nitrogens with one attached hydrogen (secondary N) is 1. The van der Waals surface area contributed by atoms with Gasteiger partial charge in [0.05, 0.1) is 4.90 Å². The van der Waals surface area contributed by atoms with Crippen LogP contribution in [0.25, 0.3) is 0 Å². The van der Waals surface area contributed by atoms with E-state index in [0.717, 1.165) is 24.8 Å². The predicted octanol–water partition coefficient (Wildman–Crippen LogP) is 1.40. The lowest BCUT2D eigenvalue weighted by atomic mass is 10.1. The van der Waals surface area contributed by atoms with E-state index in [1.54, 1.807) is 12.1 Å². The summed E-state index contributed by atoms with van der Waals surface area (Å²) in [7, 11) is -3.42. The number of aryl methyl sites for hydroxylation is 1. The van der Waals surface area contributed by atoms with Crippen LogP contribution in [0.3, 0.4) is 0 Å². The predicted molar refractivity (Wildman–Crippen MR) is 71.7 cm³/mol. The van der Waals surface area contributed by atoms with E-state index in [4.69, 9.17) is 5.73 Å². The van der Waals surface area contributed by atoms with Crippen LogP contribution in [0.5, 0.6) is 0 Å². The molecule has 1 aliphatic carbocycles. The third-order valence-corrected chi connectivity index (χ3v) is 5.30. The third kappa shape index (κ3) is 2.74. The zero-order valence-electron chi connectivity index (χ0n) is 10.6. The standard InChI is InChI=1S/C13H20N2O2S/c1-10-5-2-3-8-13(10)18(16,17)15-12-7-4-6-11(12)9-14/h2-3,5,8,11-12,15H,4,6-7,9,14H2,1H3. The second kappa shape index (κ2) is 5.38. The lowest BCUT2D eigenvalue weighted by Gasteiger charge is -2.20. The summed E-state index contributed by atoms with van der Waals surface area (Å²) in [4.78, 5) is 0.368. The van der Waals surface area contributed by atoms with Gasteiger partial charge in [-0.1, -0.05) is 24.6 Å². The highest BCUT2D eigenvalue weighted by Crippen LogP contribution is 2.26. The Kier molecular flexibility index (Phi) is 4.04. The molecule has 18 heavy (non-hydrogen) atoms. The Balaban J connectivity index is 2.20. The summed E-state index contributed by atoms with van der Waals surface area (Å²) in [5, 5.41) is 0. The second-order valence-corrected chi connectivity index (χ2v) is 6.60. The number of hydrogen-bond donors (Lipinski definition) is 2. The highest BCUT2D eigenvalue weighted by molar-refractivity contribution is 7.89. The molecule has 0 saturated heterocycles. The highest BCUT2D eigenvalue weighted by Gasteiger charge is 2.30. The molecule has 1 aromatic rings. The van der Waals surface area contributed by atoms with Gasteiger partial charge < -0.3 is 5.73 Å². The van der Waals surface area contributed by atoms with Crippen molar-refractivity contribution < 1.29 is 8.42 Å². The van der Waals surface area contributed by atoms with E-state index in [2.05, 4.69) is 4.72 Å². The number of rotatable bonds is 4. The minimum Gasteiger partial charge on any atom is -0.330 e. The molecule has 0 radical (unpaired) electrons. The van der Waals surface area contributed by atoms with Crippen LogP contribution in [0.1, 0.15) is 24.8 Å². The van der Waals surface area contributed by atoms with Crippen LogP contribution < -0.4 is 10.5 Å². The number of nitrogens with two attached hydrogens (primary N) is 1. The fourth-order valence-corrected chi connectivity index (χ4v) is 4.18. The van der Waals surface area contributed by atoms with Gasteiger partial charge in [-0.15, -0.1) is 0 Å². The van der Waals surface area contributed by atoms with Crippen molar-refractivity contribution in [1.29, 1.82) is 0 Å². The maximum atomic E-state index is 12.3. The normalized spacial score (nSPS) is 24.3. The highest BCUT2D eigenvalue weighted by atomic mass is 32.2. The first-order valence-electron chi connectivity index (χ1n) is 6.32. The maximum absolute atomic E-state index is 12.3. The quantitative estimate of drug-likeness (QED) is 0.867. The summed E-state index contributed by atoms with van der Waals surface area (Å²) in [6.07, 6.45) is 2.94. The van der Waals surface area contributed by atoms with Gasteiger partial charge in [0.2, 0.25) is 10.0 Å². The molecule has 4 nitrogen and oxygen atoms in total. The molecular weight excluding hydrogens is 248 g/mol. The Hall–Kier alpha value is -0.910. The molecule has 1 saturated carbocycles. The molecule has 0 aliphatic heterocycles. The Labute approximate surface area is 109 Å². The summed E-state index contributed by atoms with van der Waals surface area (Å²) in [5.74, 6) is 0.267. The smallest absolute Gasteiger partial charge is 0.241 e. The Morgan fingerprint density at radius 2 is 2.06 bits per heavy atom. The minimum atomic E-state index is -3.42. The molecule has 0 aromatic heterocycles. The minimum absolute atomic E-state index is 0.0143. The van der Waals surface area contributed by atoms with Gasteiger partial charge >= 0.3 is 0 Å². The molecule has 1 aliphatic rings. The van der Waals surface area contributed by atoms with E-state index < -0.39 is 10.0 Å². The SMILES string of the molecule is Cc1ccccc1S(=O)(=O)NC1CCCC1CN. The molecular formula is C13H20N2O2S. The van der Waals surface area contributed by atoms with Crippen LogP contribution in [0.15, 0.2) is 29.2 Å². The van der Waals surface area contributed by atoms with Crippen LogP contribution in [-0.2, 0) is 10.0 Å². The van der Waals surface area contributed by atoms with Crippen LogP contribution >= 0.6 is 0 Å². The molecule has 5 heteroatoms. The third-order valence-electron chi connectivity index (χ3n) is 3.65. The number of benzene rings is 1. The fraction of sp³-hybridized carbons (Fsp3) is 0.538. The molecule has 0 heterocycles. The fourth-order valence-electron chi connectivity index (χ4n) is 2.59. The van der Waals surface area contributed by atoms with E-state index in [1.165, 1.54) is 0 Å². The van der Waals surface area contributed by atoms with E-state index >= 15 is 0 Å². The average molecular weight is 268 g/mol. The Morgan fingerprint density at radius 1 is 1.33 bits per heavy atom. The molecule has 1 aromatic carbocycles. The lowest BCUT2D eigenvalue weighted by Crippen LogP contribution is -2.40. The molecule has 2 atom stereocenters. The monoisotopic (exact) mass is 268 g/mol. The van der Waals surface area contributed by atoms with E-state index in [9.17, 15) is 8.42 Å². The Bertz CT molecular complexity index is 513. The van der Waals surface area contributed by atoms with E-state index in [0.29, 0.717) is 11.4 Å². The topological polar surface area (TPSA) is 72.2 Å². The van der Waals surface area contributed by atoms with Crippen LogP contribution in [0.4, 0.5) is 0 Å². The number of hydrogen-bond acceptors (Lipinski definition) is 3. The molecule has 0 spiro atoms. The van der Waals surface area contributed by atoms with Crippen molar-refractivity contribution in [3.63, 3.8) is 0 Å². The van der Waals surface area contributed by atoms with Crippen molar-refractivity contribution in [1.82, 2.24) is 4.72 Å². The summed E-state index contributed by atoms with van der Waals surface area (Å²) < 4.78 is 27.4. The van der Waals surface area contributed by atoms with Crippen LogP contribution in [-0.4, -0.2) is 21.0 Å². The van der Waals surface area contributed by atoms with Crippen LogP contribution in [0.2, 0.25) is 0 Å². The summed E-state index contributed by atoms with van der Waals surface area (Å²) in [6, 6.07) is 7.02. The molecule has 100 valence electrons. The van der Waals surface area contributed by atoms with Crippen molar-refractivity contribution in [2.75, 3.05) is 6.54 Å². The summed E-state index contributed by atoms with van der Waals surface area (Å²) >= 11 is 0. The summed E-state index contributed by atoms with van der Waals surface area (Å²) in [5.41, 5.74) is 6.45. The molecule has 0 bridgehead atoms. The van der Waals surface area contributed by atoms with Crippen molar-refractivity contribution >= 4 is 10.0 Å². The van der Waals surface area contributed by atoms with Gasteiger partial charge in [0.25, 0.3) is 0 Å². The van der Waals surface area contributed by atoms with Gasteiger partial charge in [0.15, 0.2) is 0 Å². The van der Waals surface area contributed by atoms with Gasteiger partial charge in [0, 0.05) is 6.04 Å². The van der Waals surface area contributed by atoms with Crippen molar-refractivity contribution in [2.45, 2.75) is 37.1 Å². The number of sulfonamides is 1. The first-order valence-corrected chi connectivity index (χ1v) is 7.81. The zero-order chi connectivity index (χ0) is 13.2. The molecule has 2 rings (SSSR count). The molecule has 2 unspecified atom stereocenters. The van der Waals surface area contributed by atoms with Gasteiger partial charge in [-0.25, -0.2) is 13.1 Å². The van der Waals surface area contributed by atoms with Crippen LogP contribution in [0, 0.1) is 12.8 Å². The first-order chi connectivity index (χ1) is 8.54. The largest absolute Gasteiger partial charge is 0.330 e. The molecule has 1 fully saturated rings. The zero-order valence-corrected chi connectivity index (χ0v) is 11.4. The van der Waals surface area contributed by atoms with Gasteiger partial charge in [-0.05, 0) is 43.9 Å². The van der Waals surface area contributed by atoms with Gasteiger partial charge in [-0.2, -0.15) is 0 Å². The van der Waals surface area contributed by atoms with Crippen molar-refractivity contribution in [3.8, 4) is 0 Å².